The topological polar surface area (TPSA) is 49.9 Å². The number of nitrogens with zero attached hydrogens (tertiary/aromatic N) is 2. The molecule has 0 spiro atoms. The van der Waals surface area contributed by atoms with E-state index >= 15 is 0 Å². The molecular weight excluding hydrogens is 376 g/mol. The van der Waals surface area contributed by atoms with Crippen LogP contribution in [-0.4, -0.2) is 53.1 Å². The van der Waals surface area contributed by atoms with Crippen LogP contribution in [0.4, 0.5) is 4.79 Å². The maximum absolute atomic E-state index is 13.2. The second-order valence-electron chi connectivity index (χ2n) is 9.84. The van der Waals surface area contributed by atoms with E-state index in [9.17, 15) is 9.59 Å². The molecule has 2 aliphatic heterocycles. The largest absolute Gasteiger partial charge is 0.444 e. The first-order valence-electron chi connectivity index (χ1n) is 11.6. The van der Waals surface area contributed by atoms with E-state index in [0.717, 1.165) is 38.6 Å². The Kier molecular flexibility index (Phi) is 7.43. The van der Waals surface area contributed by atoms with Crippen molar-refractivity contribution in [2.75, 3.05) is 19.6 Å². The van der Waals surface area contributed by atoms with Crippen molar-refractivity contribution in [2.24, 2.45) is 5.92 Å². The first-order chi connectivity index (χ1) is 14.3. The molecule has 2 fully saturated rings. The lowest BCUT2D eigenvalue weighted by atomic mass is 9.87. The highest BCUT2D eigenvalue weighted by molar-refractivity contribution is 5.77. The molecule has 5 heteroatoms. The third kappa shape index (κ3) is 5.77. The summed E-state index contributed by atoms with van der Waals surface area (Å²) >= 11 is 0. The molecule has 1 aromatic carbocycles. The smallest absolute Gasteiger partial charge is 0.410 e. The number of carbonyl (C=O) groups excluding carboxylic acids is 2. The van der Waals surface area contributed by atoms with Crippen molar-refractivity contribution in [3.05, 3.63) is 35.9 Å². The van der Waals surface area contributed by atoms with Crippen molar-refractivity contribution in [2.45, 2.75) is 83.8 Å². The van der Waals surface area contributed by atoms with Gasteiger partial charge in [-0.2, -0.15) is 0 Å². The van der Waals surface area contributed by atoms with Gasteiger partial charge < -0.3 is 14.5 Å². The fourth-order valence-corrected chi connectivity index (χ4v) is 4.96. The SMILES string of the molecule is CC[C@H](c1ccccc1)[C@@H]1CCCN1C(=O)CC1CCN(C(=O)OC(C)(C)C)CC1. The van der Waals surface area contributed by atoms with E-state index in [1.165, 1.54) is 5.56 Å². The Morgan fingerprint density at radius 2 is 1.73 bits per heavy atom. The number of rotatable bonds is 5. The lowest BCUT2D eigenvalue weighted by Gasteiger charge is -2.35. The number of likely N-dealkylation sites (tertiary alicyclic amines) is 2. The van der Waals surface area contributed by atoms with Gasteiger partial charge in [-0.05, 0) is 64.4 Å². The molecule has 5 nitrogen and oxygen atoms in total. The number of amides is 2. The predicted molar refractivity (Wildman–Crippen MR) is 119 cm³/mol. The Hall–Kier alpha value is -2.04. The van der Waals surface area contributed by atoms with E-state index in [-0.39, 0.29) is 6.09 Å². The van der Waals surface area contributed by atoms with Crippen LogP contribution in [0.3, 0.4) is 0 Å². The van der Waals surface area contributed by atoms with Gasteiger partial charge in [0.2, 0.25) is 5.91 Å². The minimum atomic E-state index is -0.469. The van der Waals surface area contributed by atoms with Crippen LogP contribution in [0.25, 0.3) is 0 Å². The summed E-state index contributed by atoms with van der Waals surface area (Å²) in [5.74, 6) is 1.06. The molecule has 2 heterocycles. The number of hydrogen-bond acceptors (Lipinski definition) is 3. The zero-order valence-corrected chi connectivity index (χ0v) is 19.1. The van der Waals surface area contributed by atoms with Crippen LogP contribution in [0.5, 0.6) is 0 Å². The fourth-order valence-electron chi connectivity index (χ4n) is 4.96. The van der Waals surface area contributed by atoms with Gasteiger partial charge in [0.05, 0.1) is 0 Å². The van der Waals surface area contributed by atoms with Crippen LogP contribution in [0, 0.1) is 5.92 Å². The molecule has 1 aromatic rings. The Morgan fingerprint density at radius 1 is 1.07 bits per heavy atom. The quantitative estimate of drug-likeness (QED) is 0.665. The van der Waals surface area contributed by atoms with Gasteiger partial charge in [0.15, 0.2) is 0 Å². The van der Waals surface area contributed by atoms with Gasteiger partial charge >= 0.3 is 6.09 Å². The Balaban J connectivity index is 1.54. The van der Waals surface area contributed by atoms with Gasteiger partial charge in [-0.25, -0.2) is 4.79 Å². The lowest BCUT2D eigenvalue weighted by molar-refractivity contribution is -0.133. The van der Waals surface area contributed by atoms with Gasteiger partial charge in [-0.1, -0.05) is 37.3 Å². The average Bonchev–Trinajstić information content (AvgIpc) is 3.18. The second-order valence-corrected chi connectivity index (χ2v) is 9.84. The molecular formula is C25H38N2O3. The highest BCUT2D eigenvalue weighted by Crippen LogP contribution is 2.35. The maximum Gasteiger partial charge on any atom is 0.410 e. The third-order valence-electron chi connectivity index (χ3n) is 6.48. The van der Waals surface area contributed by atoms with E-state index in [2.05, 4.69) is 42.2 Å². The maximum atomic E-state index is 13.2. The first-order valence-corrected chi connectivity index (χ1v) is 11.6. The van der Waals surface area contributed by atoms with Gasteiger partial charge in [-0.15, -0.1) is 0 Å². The molecule has 3 rings (SSSR count). The van der Waals surface area contributed by atoms with Crippen LogP contribution in [0.1, 0.15) is 77.7 Å². The summed E-state index contributed by atoms with van der Waals surface area (Å²) in [6.07, 6.45) is 5.35. The molecule has 0 radical (unpaired) electrons. The summed E-state index contributed by atoms with van der Waals surface area (Å²) < 4.78 is 5.48. The Labute approximate surface area is 181 Å². The van der Waals surface area contributed by atoms with E-state index < -0.39 is 5.60 Å². The zero-order valence-electron chi connectivity index (χ0n) is 19.1. The van der Waals surface area contributed by atoms with Gasteiger partial charge in [-0.3, -0.25) is 4.79 Å². The molecule has 0 N–H and O–H groups in total. The summed E-state index contributed by atoms with van der Waals surface area (Å²) in [6, 6.07) is 10.9. The predicted octanol–water partition coefficient (Wildman–Crippen LogP) is 5.21. The van der Waals surface area contributed by atoms with Crippen molar-refractivity contribution < 1.29 is 14.3 Å². The Morgan fingerprint density at radius 3 is 2.33 bits per heavy atom. The highest BCUT2D eigenvalue weighted by atomic mass is 16.6. The molecule has 2 atom stereocenters. The zero-order chi connectivity index (χ0) is 21.7. The molecule has 2 saturated heterocycles. The Bertz CT molecular complexity index is 705. The van der Waals surface area contributed by atoms with Gasteiger partial charge in [0.1, 0.15) is 5.60 Å². The number of carbonyl (C=O) groups is 2. The first kappa shape index (κ1) is 22.6. The van der Waals surface area contributed by atoms with Crippen LogP contribution in [-0.2, 0) is 9.53 Å². The monoisotopic (exact) mass is 414 g/mol. The van der Waals surface area contributed by atoms with E-state index in [4.69, 9.17) is 4.74 Å². The summed E-state index contributed by atoms with van der Waals surface area (Å²) in [7, 11) is 0. The van der Waals surface area contributed by atoms with Crippen molar-refractivity contribution in [3.63, 3.8) is 0 Å². The second kappa shape index (κ2) is 9.84. The molecule has 0 bridgehead atoms. The molecule has 2 amide bonds. The lowest BCUT2D eigenvalue weighted by Crippen LogP contribution is -2.43. The molecule has 30 heavy (non-hydrogen) atoms. The van der Waals surface area contributed by atoms with Crippen LogP contribution in [0.15, 0.2) is 30.3 Å². The molecule has 0 saturated carbocycles. The van der Waals surface area contributed by atoms with Gasteiger partial charge in [0, 0.05) is 38.0 Å². The van der Waals surface area contributed by atoms with Crippen molar-refractivity contribution in [1.29, 1.82) is 0 Å². The normalized spacial score (nSPS) is 21.5. The standard InChI is InChI=1S/C25H38N2O3/c1-5-21(20-10-7-6-8-11-20)22-12-9-15-27(22)23(28)18-19-13-16-26(17-14-19)24(29)30-25(2,3)4/h6-8,10-11,19,21-22H,5,9,12-18H2,1-4H3/t21-,22+/m1/s1. The third-order valence-corrected chi connectivity index (χ3v) is 6.48. The van der Waals surface area contributed by atoms with E-state index in [1.54, 1.807) is 4.90 Å². The number of piperidine rings is 1. The number of benzene rings is 1. The van der Waals surface area contributed by atoms with Crippen molar-refractivity contribution >= 4 is 12.0 Å². The highest BCUT2D eigenvalue weighted by Gasteiger charge is 2.36. The van der Waals surface area contributed by atoms with Crippen LogP contribution < -0.4 is 0 Å². The van der Waals surface area contributed by atoms with Crippen molar-refractivity contribution in [1.82, 2.24) is 9.80 Å². The molecule has 0 aliphatic carbocycles. The molecule has 0 unspecified atom stereocenters. The minimum Gasteiger partial charge on any atom is -0.444 e. The summed E-state index contributed by atoms with van der Waals surface area (Å²) in [4.78, 5) is 29.4. The summed E-state index contributed by atoms with van der Waals surface area (Å²) in [6.45, 7) is 10.1. The molecule has 2 aliphatic rings. The molecule has 0 aromatic heterocycles. The number of hydrogen-bond donors (Lipinski definition) is 0. The van der Waals surface area contributed by atoms with Gasteiger partial charge in [0.25, 0.3) is 0 Å². The fraction of sp³-hybridized carbons (Fsp3) is 0.680. The summed E-state index contributed by atoms with van der Waals surface area (Å²) in [5, 5.41) is 0. The molecule has 166 valence electrons. The summed E-state index contributed by atoms with van der Waals surface area (Å²) in [5.41, 5.74) is 0.874. The van der Waals surface area contributed by atoms with E-state index in [0.29, 0.717) is 43.3 Å². The van der Waals surface area contributed by atoms with Crippen molar-refractivity contribution in [3.8, 4) is 0 Å². The number of ether oxygens (including phenoxy) is 1. The minimum absolute atomic E-state index is 0.236. The van der Waals surface area contributed by atoms with Crippen LogP contribution >= 0.6 is 0 Å². The average molecular weight is 415 g/mol. The van der Waals surface area contributed by atoms with Crippen LogP contribution in [0.2, 0.25) is 0 Å². The van der Waals surface area contributed by atoms with E-state index in [1.807, 2.05) is 20.8 Å².